The van der Waals surface area contributed by atoms with E-state index in [0.717, 1.165) is 38.3 Å². The molecule has 0 spiro atoms. The number of hydrogen-bond acceptors (Lipinski definition) is 5. The molecule has 0 aromatic carbocycles. The zero-order valence-corrected chi connectivity index (χ0v) is 12.5. The molecule has 20 heavy (non-hydrogen) atoms. The van der Waals surface area contributed by atoms with Crippen molar-refractivity contribution in [1.82, 2.24) is 19.8 Å². The maximum atomic E-state index is 12.3. The Bertz CT molecular complexity index is 445. The minimum absolute atomic E-state index is 0.0242. The lowest BCUT2D eigenvalue weighted by Crippen LogP contribution is -2.34. The number of aromatic nitrogens is 2. The molecule has 0 aliphatic carbocycles. The molecule has 6 heteroatoms. The molecule has 1 aliphatic heterocycles. The maximum Gasteiger partial charge on any atom is 0.274 e. The molecule has 1 aromatic rings. The highest BCUT2D eigenvalue weighted by atomic mass is 16.2. The molecule has 1 aliphatic rings. The standard InChI is InChI=1S/C14H23N5O/c1-4-6-15-13-9-16-12(8-17-13)14(20)19-7-5-11(10-19)18(2)3/h8-9,11H,4-7,10H2,1-3H3,(H,15,17). The number of nitrogens with one attached hydrogen (secondary N) is 1. The van der Waals surface area contributed by atoms with Gasteiger partial charge in [-0.1, -0.05) is 6.92 Å². The van der Waals surface area contributed by atoms with Crippen molar-refractivity contribution in [3.05, 3.63) is 18.1 Å². The Morgan fingerprint density at radius 2 is 2.25 bits per heavy atom. The highest BCUT2D eigenvalue weighted by molar-refractivity contribution is 5.92. The van der Waals surface area contributed by atoms with Crippen molar-refractivity contribution < 1.29 is 4.79 Å². The number of nitrogens with zero attached hydrogens (tertiary/aromatic N) is 4. The molecule has 1 fully saturated rings. The van der Waals surface area contributed by atoms with Crippen LogP contribution in [-0.4, -0.2) is 65.4 Å². The average molecular weight is 277 g/mol. The molecule has 0 bridgehead atoms. The summed E-state index contributed by atoms with van der Waals surface area (Å²) in [6.45, 7) is 4.51. The van der Waals surface area contributed by atoms with Gasteiger partial charge in [0.25, 0.3) is 5.91 Å². The topological polar surface area (TPSA) is 61.4 Å². The van der Waals surface area contributed by atoms with E-state index >= 15 is 0 Å². The van der Waals surface area contributed by atoms with Crippen LogP contribution in [0.25, 0.3) is 0 Å². The monoisotopic (exact) mass is 277 g/mol. The van der Waals surface area contributed by atoms with Crippen LogP contribution < -0.4 is 5.32 Å². The molecule has 0 saturated carbocycles. The Labute approximate surface area is 120 Å². The first kappa shape index (κ1) is 14.7. The van der Waals surface area contributed by atoms with Crippen molar-refractivity contribution in [3.63, 3.8) is 0 Å². The van der Waals surface area contributed by atoms with Gasteiger partial charge in [-0.15, -0.1) is 0 Å². The molecule has 6 nitrogen and oxygen atoms in total. The molecule has 2 rings (SSSR count). The third-order valence-corrected chi connectivity index (χ3v) is 3.61. The van der Waals surface area contributed by atoms with Gasteiger partial charge in [0, 0.05) is 25.7 Å². The fraction of sp³-hybridized carbons (Fsp3) is 0.643. The van der Waals surface area contributed by atoms with Crippen molar-refractivity contribution in [2.24, 2.45) is 0 Å². The Morgan fingerprint density at radius 3 is 2.80 bits per heavy atom. The van der Waals surface area contributed by atoms with E-state index in [-0.39, 0.29) is 5.91 Å². The van der Waals surface area contributed by atoms with Gasteiger partial charge in [0.1, 0.15) is 11.5 Å². The zero-order chi connectivity index (χ0) is 14.5. The number of rotatable bonds is 5. The smallest absolute Gasteiger partial charge is 0.274 e. The van der Waals surface area contributed by atoms with Crippen molar-refractivity contribution in [2.45, 2.75) is 25.8 Å². The second kappa shape index (κ2) is 6.65. The molecule has 1 saturated heterocycles. The summed E-state index contributed by atoms with van der Waals surface area (Å²) in [5, 5.41) is 3.15. The number of hydrogen-bond donors (Lipinski definition) is 1. The predicted molar refractivity (Wildman–Crippen MR) is 78.8 cm³/mol. The van der Waals surface area contributed by atoms with E-state index in [0.29, 0.717) is 11.7 Å². The van der Waals surface area contributed by atoms with Crippen molar-refractivity contribution in [3.8, 4) is 0 Å². The average Bonchev–Trinajstić information content (AvgIpc) is 2.95. The van der Waals surface area contributed by atoms with Crippen LogP contribution in [0.3, 0.4) is 0 Å². The minimum atomic E-state index is -0.0242. The lowest BCUT2D eigenvalue weighted by atomic mass is 10.2. The highest BCUT2D eigenvalue weighted by Gasteiger charge is 2.28. The van der Waals surface area contributed by atoms with E-state index < -0.39 is 0 Å². The van der Waals surface area contributed by atoms with Crippen molar-refractivity contribution >= 4 is 11.7 Å². The fourth-order valence-corrected chi connectivity index (χ4v) is 2.29. The van der Waals surface area contributed by atoms with Crippen LogP contribution in [0, 0.1) is 0 Å². The largest absolute Gasteiger partial charge is 0.369 e. The van der Waals surface area contributed by atoms with Gasteiger partial charge >= 0.3 is 0 Å². The number of anilines is 1. The minimum Gasteiger partial charge on any atom is -0.369 e. The highest BCUT2D eigenvalue weighted by Crippen LogP contribution is 2.15. The lowest BCUT2D eigenvalue weighted by molar-refractivity contribution is 0.0777. The lowest BCUT2D eigenvalue weighted by Gasteiger charge is -2.20. The maximum absolute atomic E-state index is 12.3. The van der Waals surface area contributed by atoms with Crippen LogP contribution in [0.1, 0.15) is 30.3 Å². The van der Waals surface area contributed by atoms with E-state index in [9.17, 15) is 4.79 Å². The number of likely N-dealkylation sites (tertiary alicyclic amines) is 1. The SMILES string of the molecule is CCCNc1cnc(C(=O)N2CCC(N(C)C)C2)cn1. The van der Waals surface area contributed by atoms with Crippen molar-refractivity contribution in [2.75, 3.05) is 39.0 Å². The van der Waals surface area contributed by atoms with Crippen LogP contribution in [-0.2, 0) is 0 Å². The van der Waals surface area contributed by atoms with Crippen molar-refractivity contribution in [1.29, 1.82) is 0 Å². The predicted octanol–water partition coefficient (Wildman–Crippen LogP) is 1.07. The van der Waals surface area contributed by atoms with E-state index in [4.69, 9.17) is 0 Å². The Hall–Kier alpha value is -1.69. The zero-order valence-electron chi connectivity index (χ0n) is 12.5. The molecule has 1 atom stereocenters. The summed E-state index contributed by atoms with van der Waals surface area (Å²) in [5.74, 6) is 0.694. The van der Waals surface area contributed by atoms with E-state index in [1.165, 1.54) is 0 Å². The Morgan fingerprint density at radius 1 is 1.45 bits per heavy atom. The van der Waals surface area contributed by atoms with Gasteiger partial charge in [-0.25, -0.2) is 9.97 Å². The summed E-state index contributed by atoms with van der Waals surface area (Å²) < 4.78 is 0. The summed E-state index contributed by atoms with van der Waals surface area (Å²) in [5.41, 5.74) is 0.423. The third kappa shape index (κ3) is 3.45. The first-order valence-corrected chi connectivity index (χ1v) is 7.13. The molecule has 1 amide bonds. The van der Waals surface area contributed by atoms with Crippen LogP contribution in [0.4, 0.5) is 5.82 Å². The normalized spacial score (nSPS) is 18.6. The molecule has 1 N–H and O–H groups in total. The first-order chi connectivity index (χ1) is 9.61. The first-order valence-electron chi connectivity index (χ1n) is 7.13. The fourth-order valence-electron chi connectivity index (χ4n) is 2.29. The van der Waals surface area contributed by atoms with E-state index in [2.05, 4.69) is 27.1 Å². The van der Waals surface area contributed by atoms with Gasteiger partial charge in [-0.2, -0.15) is 0 Å². The molecule has 2 heterocycles. The van der Waals surface area contributed by atoms with Gasteiger partial charge in [0.05, 0.1) is 12.4 Å². The molecular formula is C14H23N5O. The summed E-state index contributed by atoms with van der Waals surface area (Å²) >= 11 is 0. The molecule has 1 unspecified atom stereocenters. The molecular weight excluding hydrogens is 254 g/mol. The van der Waals surface area contributed by atoms with E-state index in [1.54, 1.807) is 12.4 Å². The van der Waals surface area contributed by atoms with Gasteiger partial charge in [-0.3, -0.25) is 4.79 Å². The van der Waals surface area contributed by atoms with Gasteiger partial charge in [-0.05, 0) is 26.9 Å². The summed E-state index contributed by atoms with van der Waals surface area (Å²) in [6.07, 6.45) is 5.23. The Balaban J connectivity index is 1.96. The van der Waals surface area contributed by atoms with Gasteiger partial charge in [0.15, 0.2) is 0 Å². The summed E-state index contributed by atoms with van der Waals surface area (Å²) in [4.78, 5) is 24.8. The second-order valence-corrected chi connectivity index (χ2v) is 5.37. The summed E-state index contributed by atoms with van der Waals surface area (Å²) in [6, 6.07) is 0.442. The van der Waals surface area contributed by atoms with Gasteiger partial charge < -0.3 is 15.1 Å². The number of likely N-dealkylation sites (N-methyl/N-ethyl adjacent to an activating group) is 1. The number of amides is 1. The molecule has 0 radical (unpaired) electrons. The molecule has 1 aromatic heterocycles. The summed E-state index contributed by atoms with van der Waals surface area (Å²) in [7, 11) is 4.10. The van der Waals surface area contributed by atoms with Crippen LogP contribution in [0.15, 0.2) is 12.4 Å². The second-order valence-electron chi connectivity index (χ2n) is 5.37. The Kier molecular flexibility index (Phi) is 4.89. The van der Waals surface area contributed by atoms with E-state index in [1.807, 2.05) is 19.0 Å². The number of carbonyl (C=O) groups excluding carboxylic acids is 1. The van der Waals surface area contributed by atoms with Gasteiger partial charge in [0.2, 0.25) is 0 Å². The molecule has 110 valence electrons. The van der Waals surface area contributed by atoms with Crippen LogP contribution in [0.5, 0.6) is 0 Å². The van der Waals surface area contributed by atoms with Crippen LogP contribution in [0.2, 0.25) is 0 Å². The quantitative estimate of drug-likeness (QED) is 0.872. The van der Waals surface area contributed by atoms with Crippen LogP contribution >= 0.6 is 0 Å². The number of carbonyl (C=O) groups is 1. The third-order valence-electron chi connectivity index (χ3n) is 3.61.